The van der Waals surface area contributed by atoms with E-state index in [0.29, 0.717) is 5.82 Å². The van der Waals surface area contributed by atoms with Gasteiger partial charge in [0.25, 0.3) is 0 Å². The molecule has 0 saturated carbocycles. The van der Waals surface area contributed by atoms with Crippen LogP contribution in [0.15, 0.2) is 152 Å². The van der Waals surface area contributed by atoms with Gasteiger partial charge in [0.1, 0.15) is 5.82 Å². The molecule has 8 rings (SSSR count). The molecule has 2 aromatic heterocycles. The number of benzene rings is 6. The lowest BCUT2D eigenvalue weighted by molar-refractivity contribution is 0.629. The van der Waals surface area contributed by atoms with Gasteiger partial charge in [0.15, 0.2) is 5.82 Å². The van der Waals surface area contributed by atoms with Crippen LogP contribution in [0.5, 0.6) is 0 Å². The van der Waals surface area contributed by atoms with E-state index in [9.17, 15) is 4.39 Å². The second kappa shape index (κ2) is 11.0. The molecule has 214 valence electrons. The van der Waals surface area contributed by atoms with Crippen LogP contribution in [0.1, 0.15) is 5.56 Å². The molecular formula is C41H28FN3. The van der Waals surface area contributed by atoms with Crippen LogP contribution < -0.4 is 0 Å². The van der Waals surface area contributed by atoms with Crippen molar-refractivity contribution in [2.75, 3.05) is 0 Å². The molecule has 0 saturated heterocycles. The van der Waals surface area contributed by atoms with Gasteiger partial charge in [-0.3, -0.25) is 0 Å². The highest BCUT2D eigenvalue weighted by Crippen LogP contribution is 2.35. The van der Waals surface area contributed by atoms with E-state index in [-0.39, 0.29) is 5.82 Å². The largest absolute Gasteiger partial charge is 0.309 e. The molecule has 0 amide bonds. The summed E-state index contributed by atoms with van der Waals surface area (Å²) in [4.78, 5) is 9.94. The van der Waals surface area contributed by atoms with E-state index in [1.54, 1.807) is 6.07 Å². The predicted octanol–water partition coefficient (Wildman–Crippen LogP) is 10.7. The van der Waals surface area contributed by atoms with Gasteiger partial charge in [-0.1, -0.05) is 103 Å². The van der Waals surface area contributed by atoms with Gasteiger partial charge in [0.2, 0.25) is 0 Å². The van der Waals surface area contributed by atoms with Crippen LogP contribution in [0.2, 0.25) is 0 Å². The lowest BCUT2D eigenvalue weighted by Crippen LogP contribution is -1.96. The third-order valence-electron chi connectivity index (χ3n) is 8.33. The van der Waals surface area contributed by atoms with Gasteiger partial charge in [-0.25, -0.2) is 14.4 Å². The van der Waals surface area contributed by atoms with Gasteiger partial charge in [-0.15, -0.1) is 0 Å². The van der Waals surface area contributed by atoms with Gasteiger partial charge in [-0.05, 0) is 72.6 Å². The Kier molecular flexibility index (Phi) is 6.54. The molecule has 2 heterocycles. The molecule has 0 N–H and O–H groups in total. The average Bonchev–Trinajstić information content (AvgIpc) is 3.41. The van der Waals surface area contributed by atoms with E-state index < -0.39 is 0 Å². The zero-order valence-corrected chi connectivity index (χ0v) is 24.7. The number of fused-ring (bicyclic) bond motifs is 3. The molecule has 3 nitrogen and oxygen atoms in total. The molecule has 0 aliphatic heterocycles. The SMILES string of the molecule is Cc1ccc2c(c1)c1cc(F)ccc1n2-c1ccc(-c2cccc(-c3cc(-c4ccccc4)nc(-c4ccccc4)n3)c2)cc1. The predicted molar refractivity (Wildman–Crippen MR) is 183 cm³/mol. The fourth-order valence-electron chi connectivity index (χ4n) is 6.12. The summed E-state index contributed by atoms with van der Waals surface area (Å²) in [5.41, 5.74) is 11.2. The van der Waals surface area contributed by atoms with Gasteiger partial charge in [-0.2, -0.15) is 0 Å². The van der Waals surface area contributed by atoms with Crippen molar-refractivity contribution >= 4 is 21.8 Å². The molecule has 0 radical (unpaired) electrons. The molecular weight excluding hydrogens is 553 g/mol. The number of nitrogens with zero attached hydrogens (tertiary/aromatic N) is 3. The Bertz CT molecular complexity index is 2210. The smallest absolute Gasteiger partial charge is 0.160 e. The van der Waals surface area contributed by atoms with Crippen molar-refractivity contribution in [1.29, 1.82) is 0 Å². The van der Waals surface area contributed by atoms with E-state index in [0.717, 1.165) is 72.3 Å². The minimum atomic E-state index is -0.228. The summed E-state index contributed by atoms with van der Waals surface area (Å²) in [7, 11) is 0. The number of halogens is 1. The maximum atomic E-state index is 14.3. The number of hydrogen-bond donors (Lipinski definition) is 0. The molecule has 0 spiro atoms. The van der Waals surface area contributed by atoms with E-state index >= 15 is 0 Å². The summed E-state index contributed by atoms with van der Waals surface area (Å²) >= 11 is 0. The van der Waals surface area contributed by atoms with E-state index in [1.165, 1.54) is 6.07 Å². The van der Waals surface area contributed by atoms with Crippen LogP contribution >= 0.6 is 0 Å². The lowest BCUT2D eigenvalue weighted by atomic mass is 10.0. The van der Waals surface area contributed by atoms with Crippen LogP contribution in [0.3, 0.4) is 0 Å². The molecule has 0 fully saturated rings. The van der Waals surface area contributed by atoms with Crippen molar-refractivity contribution in [2.24, 2.45) is 0 Å². The lowest BCUT2D eigenvalue weighted by Gasteiger charge is -2.12. The zero-order chi connectivity index (χ0) is 30.3. The Morgan fingerprint density at radius 2 is 1.07 bits per heavy atom. The Morgan fingerprint density at radius 1 is 0.467 bits per heavy atom. The molecule has 6 aromatic carbocycles. The summed E-state index contributed by atoms with van der Waals surface area (Å²) < 4.78 is 16.5. The first-order valence-corrected chi connectivity index (χ1v) is 15.0. The number of aryl methyl sites for hydroxylation is 1. The summed E-state index contributed by atoms with van der Waals surface area (Å²) in [5, 5.41) is 1.97. The molecule has 45 heavy (non-hydrogen) atoms. The monoisotopic (exact) mass is 581 g/mol. The van der Waals surface area contributed by atoms with Crippen molar-refractivity contribution in [3.8, 4) is 50.7 Å². The topological polar surface area (TPSA) is 30.7 Å². The van der Waals surface area contributed by atoms with Crippen LogP contribution in [0.4, 0.5) is 4.39 Å². The summed E-state index contributed by atoms with van der Waals surface area (Å²) in [6.07, 6.45) is 0. The quantitative estimate of drug-likeness (QED) is 0.202. The zero-order valence-electron chi connectivity index (χ0n) is 24.7. The van der Waals surface area contributed by atoms with Crippen molar-refractivity contribution in [3.05, 3.63) is 163 Å². The summed E-state index contributed by atoms with van der Waals surface area (Å²) in [6, 6.07) is 50.8. The van der Waals surface area contributed by atoms with Gasteiger partial charge >= 0.3 is 0 Å². The number of aromatic nitrogens is 3. The van der Waals surface area contributed by atoms with Crippen LogP contribution in [0.25, 0.3) is 72.5 Å². The Balaban J connectivity index is 1.20. The second-order valence-electron chi connectivity index (χ2n) is 11.3. The van der Waals surface area contributed by atoms with Crippen LogP contribution in [-0.2, 0) is 0 Å². The highest BCUT2D eigenvalue weighted by Gasteiger charge is 2.14. The van der Waals surface area contributed by atoms with Gasteiger partial charge in [0.05, 0.1) is 22.4 Å². The van der Waals surface area contributed by atoms with E-state index in [4.69, 9.17) is 9.97 Å². The molecule has 0 atom stereocenters. The minimum absolute atomic E-state index is 0.228. The Morgan fingerprint density at radius 3 is 1.80 bits per heavy atom. The fraction of sp³-hybridized carbons (Fsp3) is 0.0244. The summed E-state index contributed by atoms with van der Waals surface area (Å²) in [5.74, 6) is 0.469. The van der Waals surface area contributed by atoms with Crippen LogP contribution in [-0.4, -0.2) is 14.5 Å². The minimum Gasteiger partial charge on any atom is -0.309 e. The third kappa shape index (κ3) is 4.96. The number of rotatable bonds is 5. The fourth-order valence-corrected chi connectivity index (χ4v) is 6.12. The van der Waals surface area contributed by atoms with E-state index in [2.05, 4.69) is 96.4 Å². The highest BCUT2D eigenvalue weighted by molar-refractivity contribution is 6.09. The maximum absolute atomic E-state index is 14.3. The molecule has 0 aliphatic rings. The second-order valence-corrected chi connectivity index (χ2v) is 11.3. The van der Waals surface area contributed by atoms with Crippen molar-refractivity contribution in [1.82, 2.24) is 14.5 Å². The first kappa shape index (κ1) is 26.7. The Labute approximate surface area is 260 Å². The number of hydrogen-bond acceptors (Lipinski definition) is 2. The van der Waals surface area contributed by atoms with Gasteiger partial charge < -0.3 is 4.57 Å². The third-order valence-corrected chi connectivity index (χ3v) is 8.33. The normalized spacial score (nSPS) is 11.3. The van der Waals surface area contributed by atoms with Crippen LogP contribution in [0, 0.1) is 12.7 Å². The summed E-state index contributed by atoms with van der Waals surface area (Å²) in [6.45, 7) is 2.07. The van der Waals surface area contributed by atoms with Gasteiger partial charge in [0, 0.05) is 33.2 Å². The maximum Gasteiger partial charge on any atom is 0.160 e. The highest BCUT2D eigenvalue weighted by atomic mass is 19.1. The molecule has 0 unspecified atom stereocenters. The first-order valence-electron chi connectivity index (χ1n) is 15.0. The standard InChI is InChI=1S/C41H28FN3/c1-27-15-21-39-35(23-27)36-25-33(42)18-22-40(36)45(39)34-19-16-28(17-20-34)31-13-8-14-32(24-31)38-26-37(29-9-4-2-5-10-29)43-41(44-38)30-11-6-3-7-12-30/h2-26H,1H3. The molecule has 8 aromatic rings. The van der Waals surface area contributed by atoms with E-state index in [1.807, 2.05) is 54.6 Å². The first-order chi connectivity index (χ1) is 22.1. The molecule has 0 bridgehead atoms. The Hall–Kier alpha value is -5.87. The average molecular weight is 582 g/mol. The van der Waals surface area contributed by atoms with Crippen molar-refractivity contribution in [3.63, 3.8) is 0 Å². The molecule has 0 aliphatic carbocycles. The van der Waals surface area contributed by atoms with Crippen molar-refractivity contribution < 1.29 is 4.39 Å². The van der Waals surface area contributed by atoms with Crippen molar-refractivity contribution in [2.45, 2.75) is 6.92 Å². The molecule has 4 heteroatoms.